The number of benzene rings is 1. The monoisotopic (exact) mass is 248 g/mol. The molecule has 0 saturated heterocycles. The van der Waals surface area contributed by atoms with Crippen LogP contribution in [-0.2, 0) is 16.4 Å². The maximum Gasteiger partial charge on any atom is 0.203 e. The molecular weight excluding hydrogens is 240 g/mol. The highest BCUT2D eigenvalue weighted by Gasteiger charge is 1.95. The first-order valence-electron chi connectivity index (χ1n) is 3.39. The molecule has 1 rings (SSSR count). The van der Waals surface area contributed by atoms with Gasteiger partial charge >= 0.3 is 0 Å². The minimum atomic E-state index is -1.24. The van der Waals surface area contributed by atoms with E-state index in [2.05, 4.69) is 15.9 Å². The summed E-state index contributed by atoms with van der Waals surface area (Å²) in [6.45, 7) is 0. The Balaban J connectivity index is 2.71. The topological polar surface area (TPSA) is 26.3 Å². The van der Waals surface area contributed by atoms with Crippen LogP contribution in [0.1, 0.15) is 5.56 Å². The molecule has 1 unspecified atom stereocenters. The van der Waals surface area contributed by atoms with Gasteiger partial charge in [0.1, 0.15) is 5.75 Å². The molecule has 0 bridgehead atoms. The predicted molar refractivity (Wildman–Crippen MR) is 53.8 cm³/mol. The second-order valence-electron chi connectivity index (χ2n) is 2.26. The van der Waals surface area contributed by atoms with Crippen molar-refractivity contribution in [1.82, 2.24) is 0 Å². The van der Waals surface area contributed by atoms with Crippen molar-refractivity contribution in [2.24, 2.45) is 0 Å². The molecule has 4 heteroatoms. The van der Waals surface area contributed by atoms with E-state index in [0.29, 0.717) is 5.75 Å². The van der Waals surface area contributed by atoms with Crippen molar-refractivity contribution in [3.05, 3.63) is 29.8 Å². The predicted octanol–water partition coefficient (Wildman–Crippen LogP) is 2.25. The van der Waals surface area contributed by atoms with Crippen LogP contribution in [0.15, 0.2) is 24.3 Å². The smallest absolute Gasteiger partial charge is 0.203 e. The van der Waals surface area contributed by atoms with Crippen molar-refractivity contribution >= 4 is 27.0 Å². The van der Waals surface area contributed by atoms with Gasteiger partial charge in [-0.2, -0.15) is 0 Å². The molecule has 0 saturated carbocycles. The molecule has 0 radical (unpaired) electrons. The van der Waals surface area contributed by atoms with Crippen molar-refractivity contribution in [2.45, 2.75) is 5.33 Å². The third-order valence-electron chi connectivity index (χ3n) is 1.29. The lowest BCUT2D eigenvalue weighted by molar-refractivity contribution is 0.568. The lowest BCUT2D eigenvalue weighted by Crippen LogP contribution is -1.96. The molecule has 0 amide bonds. The Morgan fingerprint density at radius 3 is 2.42 bits per heavy atom. The fourth-order valence-corrected chi connectivity index (χ4v) is 1.53. The van der Waals surface area contributed by atoms with Gasteiger partial charge in [-0.25, -0.2) is 4.21 Å². The molecule has 0 N–H and O–H groups in total. The van der Waals surface area contributed by atoms with Gasteiger partial charge in [0.25, 0.3) is 0 Å². The third-order valence-corrected chi connectivity index (χ3v) is 2.37. The first-order chi connectivity index (χ1) is 5.72. The van der Waals surface area contributed by atoms with Crippen molar-refractivity contribution < 1.29 is 8.39 Å². The second-order valence-corrected chi connectivity index (χ2v) is 3.79. The SMILES string of the molecule is CS(=O)Oc1ccc(CBr)cc1. The summed E-state index contributed by atoms with van der Waals surface area (Å²) in [5.74, 6) is 0.639. The van der Waals surface area contributed by atoms with E-state index in [0.717, 1.165) is 5.33 Å². The Morgan fingerprint density at radius 2 is 2.00 bits per heavy atom. The molecule has 0 heterocycles. The van der Waals surface area contributed by atoms with Crippen LogP contribution >= 0.6 is 15.9 Å². The summed E-state index contributed by atoms with van der Waals surface area (Å²) in [4.78, 5) is 0. The fraction of sp³-hybridized carbons (Fsp3) is 0.250. The molecule has 0 fully saturated rings. The van der Waals surface area contributed by atoms with E-state index >= 15 is 0 Å². The van der Waals surface area contributed by atoms with Crippen molar-refractivity contribution in [3.8, 4) is 5.75 Å². The van der Waals surface area contributed by atoms with E-state index in [9.17, 15) is 4.21 Å². The normalized spacial score (nSPS) is 12.5. The van der Waals surface area contributed by atoms with Crippen LogP contribution in [0.4, 0.5) is 0 Å². The number of rotatable bonds is 3. The molecule has 12 heavy (non-hydrogen) atoms. The average Bonchev–Trinajstić information content (AvgIpc) is 2.05. The molecule has 1 atom stereocenters. The van der Waals surface area contributed by atoms with E-state index in [1.165, 1.54) is 11.8 Å². The summed E-state index contributed by atoms with van der Waals surface area (Å²) in [6.07, 6.45) is 1.50. The van der Waals surface area contributed by atoms with E-state index in [1.54, 1.807) is 12.1 Å². The molecule has 1 aromatic rings. The zero-order valence-corrected chi connectivity index (χ0v) is 9.02. The highest BCUT2D eigenvalue weighted by Crippen LogP contribution is 2.14. The number of halogens is 1. The van der Waals surface area contributed by atoms with Gasteiger partial charge in [-0.05, 0) is 17.7 Å². The van der Waals surface area contributed by atoms with Crippen LogP contribution in [0.3, 0.4) is 0 Å². The summed E-state index contributed by atoms with van der Waals surface area (Å²) in [7, 11) is 0. The molecule has 0 aliphatic heterocycles. The fourth-order valence-electron chi connectivity index (χ4n) is 0.770. The van der Waals surface area contributed by atoms with Crippen LogP contribution < -0.4 is 4.18 Å². The lowest BCUT2D eigenvalue weighted by atomic mass is 10.2. The van der Waals surface area contributed by atoms with Gasteiger partial charge in [-0.1, -0.05) is 28.1 Å². The van der Waals surface area contributed by atoms with E-state index in [1.807, 2.05) is 12.1 Å². The van der Waals surface area contributed by atoms with Gasteiger partial charge in [-0.3, -0.25) is 0 Å². The molecule has 1 aromatic carbocycles. The Bertz CT molecular complexity index is 271. The summed E-state index contributed by atoms with van der Waals surface area (Å²) in [5.41, 5.74) is 1.17. The summed E-state index contributed by atoms with van der Waals surface area (Å²) >= 11 is 2.10. The highest BCUT2D eigenvalue weighted by atomic mass is 79.9. The quantitative estimate of drug-likeness (QED) is 0.768. The summed E-state index contributed by atoms with van der Waals surface area (Å²) in [6, 6.07) is 7.46. The van der Waals surface area contributed by atoms with Crippen LogP contribution in [0, 0.1) is 0 Å². The highest BCUT2D eigenvalue weighted by molar-refractivity contribution is 9.08. The molecular formula is C8H9BrO2S. The van der Waals surface area contributed by atoms with E-state index < -0.39 is 11.1 Å². The van der Waals surface area contributed by atoms with E-state index in [-0.39, 0.29) is 0 Å². The van der Waals surface area contributed by atoms with Gasteiger partial charge in [0.05, 0.1) is 0 Å². The average molecular weight is 249 g/mol. The van der Waals surface area contributed by atoms with Gasteiger partial charge in [0, 0.05) is 11.6 Å². The molecule has 0 spiro atoms. The Kier molecular flexibility index (Phi) is 3.75. The molecule has 0 aromatic heterocycles. The lowest BCUT2D eigenvalue weighted by Gasteiger charge is -2.00. The maximum atomic E-state index is 10.6. The second kappa shape index (κ2) is 4.62. The number of hydrogen-bond acceptors (Lipinski definition) is 2. The Hall–Kier alpha value is -0.350. The molecule has 66 valence electrons. The van der Waals surface area contributed by atoms with Crippen LogP contribution in [0.2, 0.25) is 0 Å². The largest absolute Gasteiger partial charge is 0.401 e. The Labute approximate surface area is 82.7 Å². The van der Waals surface area contributed by atoms with Crippen LogP contribution in [-0.4, -0.2) is 10.5 Å². The van der Waals surface area contributed by atoms with Crippen molar-refractivity contribution in [1.29, 1.82) is 0 Å². The van der Waals surface area contributed by atoms with Gasteiger partial charge in [0.2, 0.25) is 11.1 Å². The number of alkyl halides is 1. The minimum absolute atomic E-state index is 0.639. The van der Waals surface area contributed by atoms with Gasteiger partial charge in [-0.15, -0.1) is 0 Å². The van der Waals surface area contributed by atoms with Crippen molar-refractivity contribution in [3.63, 3.8) is 0 Å². The van der Waals surface area contributed by atoms with Gasteiger partial charge in [0.15, 0.2) is 0 Å². The first-order valence-corrected chi connectivity index (χ1v) is 5.99. The summed E-state index contributed by atoms with van der Waals surface area (Å²) in [5, 5.41) is 0.822. The molecule has 0 aliphatic rings. The Morgan fingerprint density at radius 1 is 1.42 bits per heavy atom. The minimum Gasteiger partial charge on any atom is -0.401 e. The number of hydrogen-bond donors (Lipinski definition) is 0. The van der Waals surface area contributed by atoms with Crippen molar-refractivity contribution in [2.75, 3.05) is 6.26 Å². The van der Waals surface area contributed by atoms with Gasteiger partial charge < -0.3 is 4.18 Å². The molecule has 0 aliphatic carbocycles. The third kappa shape index (κ3) is 2.95. The van der Waals surface area contributed by atoms with Crippen LogP contribution in [0.5, 0.6) is 5.75 Å². The zero-order chi connectivity index (χ0) is 8.97. The first kappa shape index (κ1) is 9.74. The van der Waals surface area contributed by atoms with Crippen LogP contribution in [0.25, 0.3) is 0 Å². The zero-order valence-electron chi connectivity index (χ0n) is 6.62. The van der Waals surface area contributed by atoms with E-state index in [4.69, 9.17) is 4.18 Å². The standard InChI is InChI=1S/C8H9BrO2S/c1-12(10)11-8-4-2-7(6-9)3-5-8/h2-5H,6H2,1H3. The maximum absolute atomic E-state index is 10.6. The summed E-state index contributed by atoms with van der Waals surface area (Å²) < 4.78 is 15.6. The molecule has 2 nitrogen and oxygen atoms in total.